The SMILES string of the molecule is CCOC(=O)/C=C(\NC(=O)CCl)C1C(c2ccccc2)=CCN1S(=O)(=O)c1ccc(C)cc1. The number of benzene rings is 2. The molecular formula is C24H25ClN2O5S. The first-order chi connectivity index (χ1) is 15.8. The van der Waals surface area contributed by atoms with E-state index in [0.717, 1.165) is 17.2 Å². The van der Waals surface area contributed by atoms with Crippen LogP contribution in [0.4, 0.5) is 0 Å². The van der Waals surface area contributed by atoms with Gasteiger partial charge in [0, 0.05) is 18.3 Å². The Morgan fingerprint density at radius 2 is 1.82 bits per heavy atom. The van der Waals surface area contributed by atoms with Gasteiger partial charge in [-0.15, -0.1) is 11.6 Å². The monoisotopic (exact) mass is 488 g/mol. The minimum atomic E-state index is -3.98. The Kier molecular flexibility index (Phi) is 8.07. The van der Waals surface area contributed by atoms with Crippen LogP contribution in [0.1, 0.15) is 18.1 Å². The Balaban J connectivity index is 2.14. The lowest BCUT2D eigenvalue weighted by Gasteiger charge is -2.29. The van der Waals surface area contributed by atoms with Crippen molar-refractivity contribution in [1.82, 2.24) is 9.62 Å². The van der Waals surface area contributed by atoms with Crippen LogP contribution in [0.25, 0.3) is 5.57 Å². The molecule has 0 saturated heterocycles. The predicted molar refractivity (Wildman–Crippen MR) is 127 cm³/mol. The summed E-state index contributed by atoms with van der Waals surface area (Å²) in [6.07, 6.45) is 2.88. The highest BCUT2D eigenvalue weighted by molar-refractivity contribution is 7.89. The third-order valence-electron chi connectivity index (χ3n) is 5.07. The van der Waals surface area contributed by atoms with Gasteiger partial charge in [0.1, 0.15) is 5.88 Å². The van der Waals surface area contributed by atoms with Crippen molar-refractivity contribution in [3.63, 3.8) is 0 Å². The zero-order valence-corrected chi connectivity index (χ0v) is 19.9. The maximum absolute atomic E-state index is 13.6. The minimum absolute atomic E-state index is 0.0576. The molecule has 2 aromatic rings. The number of amides is 1. The Hall–Kier alpha value is -2.94. The lowest BCUT2D eigenvalue weighted by atomic mass is 9.98. The van der Waals surface area contributed by atoms with Gasteiger partial charge in [-0.25, -0.2) is 13.2 Å². The van der Waals surface area contributed by atoms with Gasteiger partial charge in [0.2, 0.25) is 15.9 Å². The molecular weight excluding hydrogens is 464 g/mol. The molecule has 0 aliphatic carbocycles. The van der Waals surface area contributed by atoms with E-state index in [-0.39, 0.29) is 29.6 Å². The molecule has 0 bridgehead atoms. The van der Waals surface area contributed by atoms with E-state index in [0.29, 0.717) is 5.57 Å². The van der Waals surface area contributed by atoms with Crippen LogP contribution in [0.3, 0.4) is 0 Å². The van der Waals surface area contributed by atoms with Gasteiger partial charge in [-0.05, 0) is 37.1 Å². The maximum Gasteiger partial charge on any atom is 0.332 e. The number of nitrogens with zero attached hydrogens (tertiary/aromatic N) is 1. The number of rotatable bonds is 8. The van der Waals surface area contributed by atoms with Crippen molar-refractivity contribution in [3.05, 3.63) is 83.6 Å². The molecule has 0 fully saturated rings. The molecule has 9 heteroatoms. The quantitative estimate of drug-likeness (QED) is 0.350. The number of ether oxygens (including phenoxy) is 1. The van der Waals surface area contributed by atoms with Crippen molar-refractivity contribution >= 4 is 39.1 Å². The van der Waals surface area contributed by atoms with E-state index < -0.39 is 27.9 Å². The Morgan fingerprint density at radius 3 is 2.42 bits per heavy atom. The molecule has 0 spiro atoms. The third kappa shape index (κ3) is 5.71. The second-order valence-corrected chi connectivity index (χ2v) is 9.51. The minimum Gasteiger partial charge on any atom is -0.463 e. The molecule has 1 aliphatic rings. The normalized spacial score (nSPS) is 16.9. The zero-order valence-electron chi connectivity index (χ0n) is 18.3. The summed E-state index contributed by atoms with van der Waals surface area (Å²) in [5.74, 6) is -1.63. The maximum atomic E-state index is 13.6. The van der Waals surface area contributed by atoms with E-state index in [1.54, 1.807) is 25.1 Å². The fourth-order valence-electron chi connectivity index (χ4n) is 3.56. The van der Waals surface area contributed by atoms with Crippen molar-refractivity contribution in [2.24, 2.45) is 0 Å². The van der Waals surface area contributed by atoms with Gasteiger partial charge < -0.3 is 10.1 Å². The lowest BCUT2D eigenvalue weighted by Crippen LogP contribution is -2.43. The largest absolute Gasteiger partial charge is 0.463 e. The van der Waals surface area contributed by atoms with Gasteiger partial charge in [-0.3, -0.25) is 4.79 Å². The van der Waals surface area contributed by atoms with Crippen LogP contribution >= 0.6 is 11.6 Å². The fourth-order valence-corrected chi connectivity index (χ4v) is 5.15. The summed E-state index contributed by atoms with van der Waals surface area (Å²) in [6, 6.07) is 14.7. The number of alkyl halides is 1. The molecule has 2 aromatic carbocycles. The summed E-state index contributed by atoms with van der Waals surface area (Å²) < 4.78 is 33.5. The van der Waals surface area contributed by atoms with E-state index in [1.807, 2.05) is 37.3 Å². The summed E-state index contributed by atoms with van der Waals surface area (Å²) >= 11 is 5.69. The molecule has 7 nitrogen and oxygen atoms in total. The van der Waals surface area contributed by atoms with Crippen LogP contribution in [0.2, 0.25) is 0 Å². The van der Waals surface area contributed by atoms with Gasteiger partial charge in [0.25, 0.3) is 0 Å². The van der Waals surface area contributed by atoms with E-state index in [4.69, 9.17) is 16.3 Å². The Labute approximate surface area is 198 Å². The van der Waals surface area contributed by atoms with Crippen molar-refractivity contribution in [2.75, 3.05) is 19.0 Å². The van der Waals surface area contributed by atoms with E-state index in [1.165, 1.54) is 16.4 Å². The van der Waals surface area contributed by atoms with E-state index in [9.17, 15) is 18.0 Å². The number of aryl methyl sites for hydroxylation is 1. The van der Waals surface area contributed by atoms with Gasteiger partial charge in [0.15, 0.2) is 0 Å². The van der Waals surface area contributed by atoms with Crippen LogP contribution < -0.4 is 5.32 Å². The third-order valence-corrected chi connectivity index (χ3v) is 7.16. The Bertz CT molecular complexity index is 1180. The molecule has 1 N–H and O–H groups in total. The molecule has 174 valence electrons. The predicted octanol–water partition coefficient (Wildman–Crippen LogP) is 3.25. The van der Waals surface area contributed by atoms with E-state index in [2.05, 4.69) is 5.32 Å². The number of carbonyl (C=O) groups excluding carboxylic acids is 2. The van der Waals surface area contributed by atoms with Crippen LogP contribution in [-0.4, -0.2) is 49.7 Å². The molecule has 1 aliphatic heterocycles. The first-order valence-corrected chi connectivity index (χ1v) is 12.3. The first-order valence-electron chi connectivity index (χ1n) is 10.4. The van der Waals surface area contributed by atoms with Crippen LogP contribution in [0.5, 0.6) is 0 Å². The van der Waals surface area contributed by atoms with Crippen molar-refractivity contribution in [3.8, 4) is 0 Å². The number of esters is 1. The average Bonchev–Trinajstić information content (AvgIpc) is 3.25. The highest BCUT2D eigenvalue weighted by atomic mass is 35.5. The number of hydrogen-bond donors (Lipinski definition) is 1. The summed E-state index contributed by atoms with van der Waals surface area (Å²) in [5.41, 5.74) is 2.39. The number of sulfonamides is 1. The number of nitrogens with one attached hydrogen (secondary N) is 1. The van der Waals surface area contributed by atoms with E-state index >= 15 is 0 Å². The van der Waals surface area contributed by atoms with Gasteiger partial charge >= 0.3 is 5.97 Å². The zero-order chi connectivity index (χ0) is 24.0. The van der Waals surface area contributed by atoms with Crippen LogP contribution in [0, 0.1) is 6.92 Å². The summed E-state index contributed by atoms with van der Waals surface area (Å²) in [5, 5.41) is 2.60. The average molecular weight is 489 g/mol. The molecule has 1 atom stereocenters. The molecule has 1 heterocycles. The van der Waals surface area contributed by atoms with Gasteiger partial charge in [-0.2, -0.15) is 4.31 Å². The first kappa shape index (κ1) is 24.7. The van der Waals surface area contributed by atoms with Gasteiger partial charge in [-0.1, -0.05) is 54.1 Å². The molecule has 0 aromatic heterocycles. The Morgan fingerprint density at radius 1 is 1.15 bits per heavy atom. The van der Waals surface area contributed by atoms with Crippen LogP contribution in [0.15, 0.2) is 77.3 Å². The highest BCUT2D eigenvalue weighted by Crippen LogP contribution is 2.35. The number of carbonyl (C=O) groups is 2. The topological polar surface area (TPSA) is 92.8 Å². The molecule has 0 radical (unpaired) electrons. The second-order valence-electron chi connectivity index (χ2n) is 7.35. The van der Waals surface area contributed by atoms with Crippen molar-refractivity contribution < 1.29 is 22.7 Å². The number of hydrogen-bond acceptors (Lipinski definition) is 5. The van der Waals surface area contributed by atoms with Crippen molar-refractivity contribution in [1.29, 1.82) is 0 Å². The summed E-state index contributed by atoms with van der Waals surface area (Å²) in [7, 11) is -3.98. The molecule has 1 unspecified atom stereocenters. The molecule has 0 saturated carbocycles. The number of halogens is 1. The summed E-state index contributed by atoms with van der Waals surface area (Å²) in [6.45, 7) is 3.71. The fraction of sp³-hybridized carbons (Fsp3) is 0.250. The molecule has 1 amide bonds. The van der Waals surface area contributed by atoms with Gasteiger partial charge in [0.05, 0.1) is 17.5 Å². The second kappa shape index (κ2) is 10.8. The van der Waals surface area contributed by atoms with Crippen LogP contribution in [-0.2, 0) is 24.3 Å². The smallest absolute Gasteiger partial charge is 0.332 e. The standard InChI is InChI=1S/C24H25ClN2O5S/c1-3-32-23(29)15-21(26-22(28)16-25)24-20(18-7-5-4-6-8-18)13-14-27(24)33(30,31)19-11-9-17(2)10-12-19/h4-13,15,24H,3,14,16H2,1-2H3,(H,26,28)/b21-15-. The lowest BCUT2D eigenvalue weighted by molar-refractivity contribution is -0.137. The highest BCUT2D eigenvalue weighted by Gasteiger charge is 2.40. The van der Waals surface area contributed by atoms with Crippen molar-refractivity contribution in [2.45, 2.75) is 24.8 Å². The summed E-state index contributed by atoms with van der Waals surface area (Å²) in [4.78, 5) is 24.6. The molecule has 33 heavy (non-hydrogen) atoms. The molecule has 3 rings (SSSR count).